The van der Waals surface area contributed by atoms with Crippen molar-refractivity contribution in [2.75, 3.05) is 0 Å². The minimum atomic E-state index is -0.848. The molecule has 0 radical (unpaired) electrons. The Kier molecular flexibility index (Phi) is 3.48. The molecule has 3 nitrogen and oxygen atoms in total. The van der Waals surface area contributed by atoms with E-state index in [1.54, 1.807) is 12.1 Å². The quantitative estimate of drug-likeness (QED) is 0.840. The van der Waals surface area contributed by atoms with E-state index in [4.69, 9.17) is 5.11 Å². The molecule has 1 saturated carbocycles. The zero-order valence-electron chi connectivity index (χ0n) is 10.2. The van der Waals surface area contributed by atoms with Gasteiger partial charge < -0.3 is 10.4 Å². The van der Waals surface area contributed by atoms with Gasteiger partial charge in [0.25, 0.3) is 0 Å². The molecule has 1 fully saturated rings. The van der Waals surface area contributed by atoms with E-state index in [1.165, 1.54) is 25.7 Å². The molecule has 0 heterocycles. The number of carboxylic acids is 1. The molecule has 17 heavy (non-hydrogen) atoms. The molecule has 0 amide bonds. The van der Waals surface area contributed by atoms with Gasteiger partial charge in [0.15, 0.2) is 0 Å². The Hall–Kier alpha value is -1.35. The molecule has 0 saturated heterocycles. The van der Waals surface area contributed by atoms with Crippen LogP contribution in [-0.2, 0) is 6.54 Å². The lowest BCUT2D eigenvalue weighted by molar-refractivity contribution is 0.0695. The molecule has 0 aromatic heterocycles. The fourth-order valence-electron chi connectivity index (χ4n) is 2.52. The number of hydrogen-bond donors (Lipinski definition) is 2. The summed E-state index contributed by atoms with van der Waals surface area (Å²) in [4.78, 5) is 11.1. The van der Waals surface area contributed by atoms with E-state index in [1.807, 2.05) is 12.1 Å². The lowest BCUT2D eigenvalue weighted by Crippen LogP contribution is -2.39. The zero-order chi connectivity index (χ0) is 12.3. The van der Waals surface area contributed by atoms with Crippen LogP contribution < -0.4 is 5.32 Å². The Bertz CT molecular complexity index is 408. The molecule has 3 heteroatoms. The standard InChI is InChI=1S/C14H19NO2/c1-14(8-4-5-9-14)15-10-11-6-2-3-7-12(11)13(16)17/h2-3,6-7,15H,4-5,8-10H2,1H3,(H,16,17). The van der Waals surface area contributed by atoms with Crippen LogP contribution in [0.3, 0.4) is 0 Å². The van der Waals surface area contributed by atoms with Crippen LogP contribution in [0.15, 0.2) is 24.3 Å². The summed E-state index contributed by atoms with van der Waals surface area (Å²) in [6, 6.07) is 7.20. The van der Waals surface area contributed by atoms with Crippen LogP contribution in [0.1, 0.15) is 48.5 Å². The molecule has 92 valence electrons. The van der Waals surface area contributed by atoms with Crippen LogP contribution in [0.5, 0.6) is 0 Å². The van der Waals surface area contributed by atoms with E-state index in [0.717, 1.165) is 5.56 Å². The molecular weight excluding hydrogens is 214 g/mol. The number of aromatic carboxylic acids is 1. The molecule has 1 aromatic carbocycles. The van der Waals surface area contributed by atoms with Gasteiger partial charge in [-0.15, -0.1) is 0 Å². The second-order valence-electron chi connectivity index (χ2n) is 5.08. The smallest absolute Gasteiger partial charge is 0.336 e. The van der Waals surface area contributed by atoms with Crippen LogP contribution in [0.2, 0.25) is 0 Å². The monoisotopic (exact) mass is 233 g/mol. The average Bonchev–Trinajstić information content (AvgIpc) is 2.74. The number of carboxylic acid groups (broad SMARTS) is 1. The van der Waals surface area contributed by atoms with Gasteiger partial charge >= 0.3 is 5.97 Å². The van der Waals surface area contributed by atoms with Gasteiger partial charge in [-0.2, -0.15) is 0 Å². The predicted octanol–water partition coefficient (Wildman–Crippen LogP) is 2.81. The summed E-state index contributed by atoms with van der Waals surface area (Å²) in [5.74, 6) is -0.848. The lowest BCUT2D eigenvalue weighted by atomic mass is 9.99. The zero-order valence-corrected chi connectivity index (χ0v) is 10.2. The Balaban J connectivity index is 2.06. The van der Waals surface area contributed by atoms with Crippen molar-refractivity contribution in [2.45, 2.75) is 44.7 Å². The van der Waals surface area contributed by atoms with E-state index in [-0.39, 0.29) is 5.54 Å². The molecule has 0 bridgehead atoms. The van der Waals surface area contributed by atoms with Crippen molar-refractivity contribution in [3.8, 4) is 0 Å². The Morgan fingerprint density at radius 3 is 2.65 bits per heavy atom. The van der Waals surface area contributed by atoms with Crippen LogP contribution in [0, 0.1) is 0 Å². The van der Waals surface area contributed by atoms with E-state index < -0.39 is 5.97 Å². The summed E-state index contributed by atoms with van der Waals surface area (Å²) >= 11 is 0. The van der Waals surface area contributed by atoms with E-state index in [2.05, 4.69) is 12.2 Å². The van der Waals surface area contributed by atoms with Crippen LogP contribution in [-0.4, -0.2) is 16.6 Å². The summed E-state index contributed by atoms with van der Waals surface area (Å²) in [7, 11) is 0. The second kappa shape index (κ2) is 4.88. The predicted molar refractivity (Wildman–Crippen MR) is 67.1 cm³/mol. The third kappa shape index (κ3) is 2.86. The first-order chi connectivity index (χ1) is 8.11. The first kappa shape index (κ1) is 12.1. The van der Waals surface area contributed by atoms with Crippen molar-refractivity contribution >= 4 is 5.97 Å². The molecule has 0 aliphatic heterocycles. The molecule has 0 unspecified atom stereocenters. The van der Waals surface area contributed by atoms with Crippen molar-refractivity contribution < 1.29 is 9.90 Å². The second-order valence-corrected chi connectivity index (χ2v) is 5.08. The molecule has 2 N–H and O–H groups in total. The molecule has 1 aliphatic carbocycles. The van der Waals surface area contributed by atoms with Crippen LogP contribution in [0.4, 0.5) is 0 Å². The lowest BCUT2D eigenvalue weighted by Gasteiger charge is -2.25. The Morgan fingerprint density at radius 1 is 1.35 bits per heavy atom. The third-order valence-electron chi connectivity index (χ3n) is 3.66. The third-order valence-corrected chi connectivity index (χ3v) is 3.66. The summed E-state index contributed by atoms with van der Waals surface area (Å²) in [6.45, 7) is 2.86. The van der Waals surface area contributed by atoms with Crippen molar-refractivity contribution in [1.82, 2.24) is 5.32 Å². The van der Waals surface area contributed by atoms with Gasteiger partial charge in [-0.25, -0.2) is 4.79 Å². The molecule has 0 spiro atoms. The summed E-state index contributed by atoms with van der Waals surface area (Å²) in [5, 5.41) is 12.6. The summed E-state index contributed by atoms with van der Waals surface area (Å²) < 4.78 is 0. The Labute approximate surface area is 102 Å². The van der Waals surface area contributed by atoms with Gasteiger partial charge in [-0.3, -0.25) is 0 Å². The molecule has 0 atom stereocenters. The number of nitrogens with one attached hydrogen (secondary N) is 1. The number of rotatable bonds is 4. The number of benzene rings is 1. The van der Waals surface area contributed by atoms with E-state index >= 15 is 0 Å². The number of carbonyl (C=O) groups is 1. The fourth-order valence-corrected chi connectivity index (χ4v) is 2.52. The van der Waals surface area contributed by atoms with Gasteiger partial charge in [0.1, 0.15) is 0 Å². The van der Waals surface area contributed by atoms with Gasteiger partial charge in [-0.1, -0.05) is 31.0 Å². The average molecular weight is 233 g/mol. The molecule has 2 rings (SSSR count). The highest BCUT2D eigenvalue weighted by Gasteiger charge is 2.27. The highest BCUT2D eigenvalue weighted by atomic mass is 16.4. The minimum absolute atomic E-state index is 0.186. The summed E-state index contributed by atoms with van der Waals surface area (Å²) in [6.07, 6.45) is 4.90. The highest BCUT2D eigenvalue weighted by Crippen LogP contribution is 2.29. The van der Waals surface area contributed by atoms with E-state index in [0.29, 0.717) is 12.1 Å². The maximum Gasteiger partial charge on any atom is 0.336 e. The van der Waals surface area contributed by atoms with Crippen molar-refractivity contribution in [1.29, 1.82) is 0 Å². The Morgan fingerprint density at radius 2 is 2.00 bits per heavy atom. The van der Waals surface area contributed by atoms with Gasteiger partial charge in [0, 0.05) is 12.1 Å². The number of hydrogen-bond acceptors (Lipinski definition) is 2. The van der Waals surface area contributed by atoms with Crippen molar-refractivity contribution in [3.05, 3.63) is 35.4 Å². The van der Waals surface area contributed by atoms with Crippen molar-refractivity contribution in [3.63, 3.8) is 0 Å². The highest BCUT2D eigenvalue weighted by molar-refractivity contribution is 5.89. The van der Waals surface area contributed by atoms with Crippen molar-refractivity contribution in [2.24, 2.45) is 0 Å². The summed E-state index contributed by atoms with van der Waals surface area (Å²) in [5.41, 5.74) is 1.46. The maximum absolute atomic E-state index is 11.1. The van der Waals surface area contributed by atoms with Gasteiger partial charge in [0.2, 0.25) is 0 Å². The van der Waals surface area contributed by atoms with Gasteiger partial charge in [0.05, 0.1) is 5.56 Å². The van der Waals surface area contributed by atoms with Crippen LogP contribution in [0.25, 0.3) is 0 Å². The first-order valence-corrected chi connectivity index (χ1v) is 6.17. The minimum Gasteiger partial charge on any atom is -0.478 e. The fraction of sp³-hybridized carbons (Fsp3) is 0.500. The SMILES string of the molecule is CC1(NCc2ccccc2C(=O)O)CCCC1. The molecular formula is C14H19NO2. The molecule has 1 aromatic rings. The topological polar surface area (TPSA) is 49.3 Å². The van der Waals surface area contributed by atoms with Crippen LogP contribution >= 0.6 is 0 Å². The van der Waals surface area contributed by atoms with E-state index in [9.17, 15) is 4.79 Å². The molecule has 1 aliphatic rings. The first-order valence-electron chi connectivity index (χ1n) is 6.17. The largest absolute Gasteiger partial charge is 0.478 e. The van der Waals surface area contributed by atoms with Gasteiger partial charge in [-0.05, 0) is 31.4 Å². The normalized spacial score (nSPS) is 18.2. The maximum atomic E-state index is 11.1.